The highest BCUT2D eigenvalue weighted by Crippen LogP contribution is 2.42. The summed E-state index contributed by atoms with van der Waals surface area (Å²) in [5.74, 6) is 8.42. The molecule has 2 aromatic rings. The molecule has 1 aliphatic heterocycles. The minimum absolute atomic E-state index is 0.310. The van der Waals surface area contributed by atoms with Gasteiger partial charge in [-0.1, -0.05) is 50.6 Å². The van der Waals surface area contributed by atoms with Gasteiger partial charge >= 0.3 is 0 Å². The number of thioether (sulfide) groups is 1. The minimum atomic E-state index is -1.03. The number of hydrogen-bond donors (Lipinski definition) is 3. The Hall–Kier alpha value is -1.54. The molecule has 0 bridgehead atoms. The second-order valence-electron chi connectivity index (χ2n) is 7.63. The summed E-state index contributed by atoms with van der Waals surface area (Å²) in [6, 6.07) is 7.49. The van der Waals surface area contributed by atoms with Crippen molar-refractivity contribution in [1.82, 2.24) is 9.97 Å². The van der Waals surface area contributed by atoms with E-state index in [-0.39, 0.29) is 5.41 Å². The van der Waals surface area contributed by atoms with Gasteiger partial charge in [-0.25, -0.2) is 15.8 Å². The number of anilines is 2. The Kier molecular flexibility index (Phi) is 5.09. The second kappa shape index (κ2) is 6.88. The number of halogens is 1. The molecule has 2 heterocycles. The van der Waals surface area contributed by atoms with E-state index in [0.717, 1.165) is 5.56 Å². The van der Waals surface area contributed by atoms with E-state index in [9.17, 15) is 5.11 Å². The van der Waals surface area contributed by atoms with Crippen molar-refractivity contribution < 1.29 is 5.11 Å². The number of hydrazine groups is 1. The van der Waals surface area contributed by atoms with Gasteiger partial charge in [0.2, 0.25) is 0 Å². The van der Waals surface area contributed by atoms with Gasteiger partial charge in [0.05, 0.1) is 6.54 Å². The van der Waals surface area contributed by atoms with Crippen LogP contribution < -0.4 is 16.6 Å². The van der Waals surface area contributed by atoms with Crippen LogP contribution in [0, 0.1) is 0 Å². The molecule has 1 aliphatic rings. The Morgan fingerprint density at radius 3 is 2.46 bits per heavy atom. The van der Waals surface area contributed by atoms with Crippen molar-refractivity contribution in [3.05, 3.63) is 46.4 Å². The van der Waals surface area contributed by atoms with Crippen LogP contribution in [0.15, 0.2) is 24.3 Å². The predicted molar refractivity (Wildman–Crippen MR) is 108 cm³/mol. The van der Waals surface area contributed by atoms with Crippen LogP contribution in [0.3, 0.4) is 0 Å². The van der Waals surface area contributed by atoms with Crippen molar-refractivity contribution in [3.8, 4) is 0 Å². The summed E-state index contributed by atoms with van der Waals surface area (Å²) in [5.41, 5.74) is 6.64. The third-order valence-corrected chi connectivity index (χ3v) is 6.02. The molecule has 26 heavy (non-hydrogen) atoms. The summed E-state index contributed by atoms with van der Waals surface area (Å²) < 4.78 is 0. The molecule has 0 atom stereocenters. The molecule has 140 valence electrons. The fourth-order valence-corrected chi connectivity index (χ4v) is 3.74. The number of benzene rings is 1. The van der Waals surface area contributed by atoms with Gasteiger partial charge in [0, 0.05) is 21.9 Å². The molecule has 1 aromatic carbocycles. The summed E-state index contributed by atoms with van der Waals surface area (Å²) in [7, 11) is 0. The van der Waals surface area contributed by atoms with Gasteiger partial charge < -0.3 is 10.8 Å². The van der Waals surface area contributed by atoms with Gasteiger partial charge in [-0.05, 0) is 11.6 Å². The van der Waals surface area contributed by atoms with Crippen LogP contribution in [0.4, 0.5) is 11.5 Å². The minimum Gasteiger partial charge on any atom is -0.394 e. The Bertz CT molecular complexity index is 820. The molecule has 1 saturated heterocycles. The van der Waals surface area contributed by atoms with Crippen molar-refractivity contribution in [3.63, 3.8) is 0 Å². The molecule has 0 unspecified atom stereocenters. The lowest BCUT2D eigenvalue weighted by Gasteiger charge is -2.37. The molecular formula is C18H24ClN5OS. The highest BCUT2D eigenvalue weighted by molar-refractivity contribution is 8.00. The van der Waals surface area contributed by atoms with Crippen LogP contribution in [-0.2, 0) is 17.6 Å². The molecule has 8 heteroatoms. The lowest BCUT2D eigenvalue weighted by molar-refractivity contribution is 0.0724. The zero-order chi connectivity index (χ0) is 19.1. The van der Waals surface area contributed by atoms with Gasteiger partial charge in [0.15, 0.2) is 5.82 Å². The first-order chi connectivity index (χ1) is 12.1. The average Bonchev–Trinajstić information content (AvgIpc) is 2.54. The summed E-state index contributed by atoms with van der Waals surface area (Å²) in [5, 5.41) is 12.9. The topological polar surface area (TPSA) is 101 Å². The van der Waals surface area contributed by atoms with E-state index in [1.54, 1.807) is 11.8 Å². The zero-order valence-corrected chi connectivity index (χ0v) is 16.7. The largest absolute Gasteiger partial charge is 0.394 e. The monoisotopic (exact) mass is 393 g/mol. The maximum absolute atomic E-state index is 10.8. The van der Waals surface area contributed by atoms with Crippen molar-refractivity contribution in [2.75, 3.05) is 22.2 Å². The van der Waals surface area contributed by atoms with Crippen LogP contribution >= 0.6 is 23.4 Å². The van der Waals surface area contributed by atoms with Crippen LogP contribution in [0.5, 0.6) is 0 Å². The average molecular weight is 394 g/mol. The quantitative estimate of drug-likeness (QED) is 0.542. The molecule has 1 aromatic heterocycles. The van der Waals surface area contributed by atoms with Crippen molar-refractivity contribution in [2.45, 2.75) is 38.3 Å². The summed E-state index contributed by atoms with van der Waals surface area (Å²) in [4.78, 5) is 9.20. The third-order valence-electron chi connectivity index (χ3n) is 4.29. The standard InChI is InChI=1S/C18H24ClN5OS/c1-17(2,3)16-22-14(18(25)9-26-10-18)13(20)15(23-16)24(21)8-11-6-4-5-7-12(11)19/h4-7,25H,8-10,20-21H2,1-3H3. The normalized spacial score (nSPS) is 16.2. The Morgan fingerprint density at radius 1 is 1.27 bits per heavy atom. The smallest absolute Gasteiger partial charge is 0.170 e. The number of aliphatic hydroxyl groups is 1. The van der Waals surface area contributed by atoms with Crippen molar-refractivity contribution in [2.24, 2.45) is 5.84 Å². The number of nitrogens with two attached hydrogens (primary N) is 2. The summed E-state index contributed by atoms with van der Waals surface area (Å²) >= 11 is 7.90. The number of nitrogen functional groups attached to an aromatic ring is 1. The molecule has 0 spiro atoms. The molecule has 0 saturated carbocycles. The zero-order valence-electron chi connectivity index (χ0n) is 15.2. The van der Waals surface area contributed by atoms with Crippen molar-refractivity contribution >= 4 is 34.9 Å². The van der Waals surface area contributed by atoms with Gasteiger partial charge in [-0.15, -0.1) is 0 Å². The fourth-order valence-electron chi connectivity index (χ4n) is 2.68. The molecular weight excluding hydrogens is 370 g/mol. The van der Waals surface area contributed by atoms with E-state index in [1.165, 1.54) is 5.01 Å². The van der Waals surface area contributed by atoms with E-state index >= 15 is 0 Å². The van der Waals surface area contributed by atoms with Crippen LogP contribution in [-0.4, -0.2) is 26.6 Å². The van der Waals surface area contributed by atoms with Gasteiger partial charge in [-0.2, -0.15) is 11.8 Å². The van der Waals surface area contributed by atoms with Gasteiger partial charge in [0.25, 0.3) is 0 Å². The lowest BCUT2D eigenvalue weighted by atomic mass is 9.94. The van der Waals surface area contributed by atoms with Crippen molar-refractivity contribution in [1.29, 1.82) is 0 Å². The maximum atomic E-state index is 10.8. The molecule has 5 N–H and O–H groups in total. The number of hydrogen-bond acceptors (Lipinski definition) is 7. The summed E-state index contributed by atoms with van der Waals surface area (Å²) in [6.45, 7) is 6.39. The van der Waals surface area contributed by atoms with E-state index < -0.39 is 5.60 Å². The molecule has 0 aliphatic carbocycles. The molecule has 0 radical (unpaired) electrons. The number of aromatic nitrogens is 2. The van der Waals surface area contributed by atoms with Gasteiger partial charge in [0.1, 0.15) is 22.8 Å². The first kappa shape index (κ1) is 19.2. The Balaban J connectivity index is 2.05. The van der Waals surface area contributed by atoms with Crippen LogP contribution in [0.2, 0.25) is 5.02 Å². The third kappa shape index (κ3) is 3.62. The van der Waals surface area contributed by atoms with Crippen LogP contribution in [0.1, 0.15) is 37.9 Å². The molecule has 3 rings (SSSR count). The van der Waals surface area contributed by atoms with Crippen LogP contribution in [0.25, 0.3) is 0 Å². The second-order valence-corrected chi connectivity index (χ2v) is 9.02. The van der Waals surface area contributed by atoms with Gasteiger partial charge in [-0.3, -0.25) is 5.01 Å². The highest BCUT2D eigenvalue weighted by atomic mass is 35.5. The van der Waals surface area contributed by atoms with E-state index in [0.29, 0.717) is 46.1 Å². The summed E-state index contributed by atoms with van der Waals surface area (Å²) in [6.07, 6.45) is 0. The highest BCUT2D eigenvalue weighted by Gasteiger charge is 2.42. The fraction of sp³-hybridized carbons (Fsp3) is 0.444. The first-order valence-corrected chi connectivity index (χ1v) is 9.89. The lowest BCUT2D eigenvalue weighted by Crippen LogP contribution is -2.43. The number of rotatable bonds is 4. The SMILES string of the molecule is CC(C)(C)c1nc(N(N)Cc2ccccc2Cl)c(N)c(C2(O)CSC2)n1. The first-order valence-electron chi connectivity index (χ1n) is 8.36. The molecule has 1 fully saturated rings. The maximum Gasteiger partial charge on any atom is 0.170 e. The number of nitrogens with zero attached hydrogens (tertiary/aromatic N) is 3. The Morgan fingerprint density at radius 2 is 1.92 bits per heavy atom. The molecule has 0 amide bonds. The van der Waals surface area contributed by atoms with E-state index in [1.807, 2.05) is 45.0 Å². The van der Waals surface area contributed by atoms with E-state index in [2.05, 4.69) is 9.97 Å². The Labute approximate surface area is 162 Å². The predicted octanol–water partition coefficient (Wildman–Crippen LogP) is 2.82. The van der Waals surface area contributed by atoms with E-state index in [4.69, 9.17) is 23.2 Å². The molecule has 6 nitrogen and oxygen atoms in total.